The maximum Gasteiger partial charge on any atom is 0.337 e. The molecule has 0 saturated carbocycles. The van der Waals surface area contributed by atoms with E-state index in [-0.39, 0.29) is 29.6 Å². The molecule has 0 aromatic heterocycles. The van der Waals surface area contributed by atoms with Crippen LogP contribution in [0.15, 0.2) is 18.2 Å². The molecule has 1 rings (SSSR count). The van der Waals surface area contributed by atoms with E-state index in [1.807, 2.05) is 6.92 Å². The van der Waals surface area contributed by atoms with Crippen LogP contribution in [0.4, 0.5) is 5.69 Å². The number of rotatable bonds is 6. The van der Waals surface area contributed by atoms with Crippen molar-refractivity contribution in [3.05, 3.63) is 28.8 Å². The summed E-state index contributed by atoms with van der Waals surface area (Å²) >= 11 is 5.73. The second-order valence-corrected chi connectivity index (χ2v) is 4.73. The van der Waals surface area contributed by atoms with Crippen LogP contribution < -0.4 is 11.1 Å². The maximum atomic E-state index is 11.7. The van der Waals surface area contributed by atoms with Crippen molar-refractivity contribution in [2.45, 2.75) is 32.2 Å². The molecule has 0 saturated heterocycles. The van der Waals surface area contributed by atoms with Crippen LogP contribution in [0.25, 0.3) is 0 Å². The third-order valence-electron chi connectivity index (χ3n) is 2.59. The standard InChI is InChI=1S/C13H17ClN2O3/c1-2-3-9(15)7-12(17)16-11-5-4-8(14)6-10(11)13(18)19/h4-6,9H,2-3,7,15H2,1H3,(H,16,17)(H,18,19). The predicted octanol–water partition coefficient (Wildman–Crippen LogP) is 2.49. The molecule has 5 nitrogen and oxygen atoms in total. The number of benzene rings is 1. The van der Waals surface area contributed by atoms with Gasteiger partial charge in [0.1, 0.15) is 0 Å². The lowest BCUT2D eigenvalue weighted by Crippen LogP contribution is -2.27. The van der Waals surface area contributed by atoms with Gasteiger partial charge in [-0.3, -0.25) is 4.79 Å². The van der Waals surface area contributed by atoms with Crippen molar-refractivity contribution in [1.29, 1.82) is 0 Å². The van der Waals surface area contributed by atoms with Crippen LogP contribution in [-0.2, 0) is 4.79 Å². The van der Waals surface area contributed by atoms with E-state index in [1.165, 1.54) is 18.2 Å². The fourth-order valence-electron chi connectivity index (χ4n) is 1.71. The largest absolute Gasteiger partial charge is 0.478 e. The van der Waals surface area contributed by atoms with E-state index in [0.717, 1.165) is 12.8 Å². The van der Waals surface area contributed by atoms with Crippen LogP contribution in [0, 0.1) is 0 Å². The minimum Gasteiger partial charge on any atom is -0.478 e. The van der Waals surface area contributed by atoms with Gasteiger partial charge in [0.2, 0.25) is 5.91 Å². The summed E-state index contributed by atoms with van der Waals surface area (Å²) in [6.07, 6.45) is 1.81. The van der Waals surface area contributed by atoms with Crippen LogP contribution in [0.2, 0.25) is 5.02 Å². The minimum absolute atomic E-state index is 0.0371. The van der Waals surface area contributed by atoms with E-state index >= 15 is 0 Å². The SMILES string of the molecule is CCCC(N)CC(=O)Nc1ccc(Cl)cc1C(=O)O. The van der Waals surface area contributed by atoms with Crippen molar-refractivity contribution < 1.29 is 14.7 Å². The van der Waals surface area contributed by atoms with Crippen molar-refractivity contribution in [3.8, 4) is 0 Å². The van der Waals surface area contributed by atoms with Gasteiger partial charge in [-0.2, -0.15) is 0 Å². The zero-order valence-corrected chi connectivity index (χ0v) is 11.4. The van der Waals surface area contributed by atoms with Crippen molar-refractivity contribution in [2.75, 3.05) is 5.32 Å². The molecule has 1 amide bonds. The predicted molar refractivity (Wildman–Crippen MR) is 74.5 cm³/mol. The van der Waals surface area contributed by atoms with Crippen LogP contribution in [0.3, 0.4) is 0 Å². The second kappa shape index (κ2) is 7.11. The Bertz CT molecular complexity index is 477. The monoisotopic (exact) mass is 284 g/mol. The number of hydrogen-bond acceptors (Lipinski definition) is 3. The van der Waals surface area contributed by atoms with Gasteiger partial charge in [-0.15, -0.1) is 0 Å². The third-order valence-corrected chi connectivity index (χ3v) is 2.83. The highest BCUT2D eigenvalue weighted by atomic mass is 35.5. The summed E-state index contributed by atoms with van der Waals surface area (Å²) < 4.78 is 0. The lowest BCUT2D eigenvalue weighted by Gasteiger charge is -2.12. The van der Waals surface area contributed by atoms with Gasteiger partial charge in [0.05, 0.1) is 11.3 Å². The second-order valence-electron chi connectivity index (χ2n) is 4.30. The Morgan fingerprint density at radius 1 is 1.47 bits per heavy atom. The number of nitrogens with one attached hydrogen (secondary N) is 1. The van der Waals surface area contributed by atoms with E-state index in [9.17, 15) is 9.59 Å². The number of carboxylic acid groups (broad SMARTS) is 1. The number of hydrogen-bond donors (Lipinski definition) is 3. The Balaban J connectivity index is 2.76. The fraction of sp³-hybridized carbons (Fsp3) is 0.385. The van der Waals surface area contributed by atoms with E-state index in [0.29, 0.717) is 5.02 Å². The van der Waals surface area contributed by atoms with E-state index in [2.05, 4.69) is 5.32 Å². The first kappa shape index (κ1) is 15.5. The quantitative estimate of drug-likeness (QED) is 0.748. The van der Waals surface area contributed by atoms with Gasteiger partial charge in [-0.25, -0.2) is 4.79 Å². The first-order valence-electron chi connectivity index (χ1n) is 6.02. The molecular weight excluding hydrogens is 268 g/mol. The van der Waals surface area contributed by atoms with Crippen LogP contribution in [0.5, 0.6) is 0 Å². The molecule has 1 aromatic rings. The van der Waals surface area contributed by atoms with E-state index in [4.69, 9.17) is 22.4 Å². The van der Waals surface area contributed by atoms with Gasteiger partial charge in [0.15, 0.2) is 0 Å². The summed E-state index contributed by atoms with van der Waals surface area (Å²) in [7, 11) is 0. The summed E-state index contributed by atoms with van der Waals surface area (Å²) in [5, 5.41) is 11.9. The first-order chi connectivity index (χ1) is 8.93. The molecule has 0 aliphatic carbocycles. The van der Waals surface area contributed by atoms with Gasteiger partial charge in [0, 0.05) is 17.5 Å². The molecule has 1 aromatic carbocycles. The Kier molecular flexibility index (Phi) is 5.79. The number of amides is 1. The van der Waals surface area contributed by atoms with Gasteiger partial charge < -0.3 is 16.2 Å². The average molecular weight is 285 g/mol. The highest BCUT2D eigenvalue weighted by Crippen LogP contribution is 2.21. The number of carbonyl (C=O) groups excluding carboxylic acids is 1. The van der Waals surface area contributed by atoms with Crippen molar-refractivity contribution in [1.82, 2.24) is 0 Å². The zero-order valence-electron chi connectivity index (χ0n) is 10.6. The van der Waals surface area contributed by atoms with Gasteiger partial charge in [0.25, 0.3) is 0 Å². The minimum atomic E-state index is -1.14. The van der Waals surface area contributed by atoms with E-state index in [1.54, 1.807) is 0 Å². The maximum absolute atomic E-state index is 11.7. The number of halogens is 1. The first-order valence-corrected chi connectivity index (χ1v) is 6.40. The molecule has 1 unspecified atom stereocenters. The average Bonchev–Trinajstić information content (AvgIpc) is 2.31. The van der Waals surface area contributed by atoms with Gasteiger partial charge in [-0.1, -0.05) is 24.9 Å². The van der Waals surface area contributed by atoms with Crippen LogP contribution in [-0.4, -0.2) is 23.0 Å². The number of carboxylic acids is 1. The molecule has 1 atom stereocenters. The van der Waals surface area contributed by atoms with Gasteiger partial charge in [-0.05, 0) is 24.6 Å². The molecule has 0 aliphatic heterocycles. The molecule has 0 heterocycles. The molecule has 0 radical (unpaired) electrons. The highest BCUT2D eigenvalue weighted by Gasteiger charge is 2.14. The number of aromatic carboxylic acids is 1. The summed E-state index contributed by atoms with van der Waals surface area (Å²) in [5.74, 6) is -1.44. The molecule has 19 heavy (non-hydrogen) atoms. The molecule has 0 fully saturated rings. The zero-order chi connectivity index (χ0) is 14.4. The van der Waals surface area contributed by atoms with Crippen molar-refractivity contribution >= 4 is 29.2 Å². The fourth-order valence-corrected chi connectivity index (χ4v) is 1.89. The number of nitrogens with two attached hydrogens (primary N) is 1. The normalized spacial score (nSPS) is 11.9. The molecule has 104 valence electrons. The lowest BCUT2D eigenvalue weighted by molar-refractivity contribution is -0.116. The highest BCUT2D eigenvalue weighted by molar-refractivity contribution is 6.31. The summed E-state index contributed by atoms with van der Waals surface area (Å²) in [6.45, 7) is 1.99. The molecule has 0 spiro atoms. The Labute approximate surface area is 116 Å². The molecule has 4 N–H and O–H groups in total. The Hall–Kier alpha value is -1.59. The van der Waals surface area contributed by atoms with Crippen LogP contribution in [0.1, 0.15) is 36.5 Å². The smallest absolute Gasteiger partial charge is 0.337 e. The lowest BCUT2D eigenvalue weighted by atomic mass is 10.1. The topological polar surface area (TPSA) is 92.4 Å². The van der Waals surface area contributed by atoms with Crippen LogP contribution >= 0.6 is 11.6 Å². The third kappa shape index (κ3) is 4.89. The van der Waals surface area contributed by atoms with Gasteiger partial charge >= 0.3 is 5.97 Å². The van der Waals surface area contributed by atoms with Crippen molar-refractivity contribution in [2.24, 2.45) is 5.73 Å². The Morgan fingerprint density at radius 3 is 2.74 bits per heavy atom. The summed E-state index contributed by atoms with van der Waals surface area (Å²) in [6, 6.07) is 4.07. The summed E-state index contributed by atoms with van der Waals surface area (Å²) in [5.41, 5.74) is 5.95. The summed E-state index contributed by atoms with van der Waals surface area (Å²) in [4.78, 5) is 22.8. The number of carbonyl (C=O) groups is 2. The van der Waals surface area contributed by atoms with E-state index < -0.39 is 5.97 Å². The molecule has 0 aliphatic rings. The molecule has 6 heteroatoms. The molecule has 0 bridgehead atoms. The number of anilines is 1. The molecular formula is C13H17ClN2O3. The Morgan fingerprint density at radius 2 is 2.16 bits per heavy atom. The van der Waals surface area contributed by atoms with Crippen molar-refractivity contribution in [3.63, 3.8) is 0 Å².